The first-order chi connectivity index (χ1) is 14.3. The second-order valence-corrected chi connectivity index (χ2v) is 11.7. The molecule has 0 amide bonds. The third kappa shape index (κ3) is 4.49. The molecule has 0 spiro atoms. The van der Waals surface area contributed by atoms with Crippen molar-refractivity contribution in [2.24, 2.45) is 35.0 Å². The predicted octanol–water partition coefficient (Wildman–Crippen LogP) is 7.59. The van der Waals surface area contributed by atoms with Crippen molar-refractivity contribution in [3.05, 3.63) is 42.5 Å². The fourth-order valence-corrected chi connectivity index (χ4v) is 6.77. The second kappa shape index (κ2) is 8.69. The van der Waals surface area contributed by atoms with Crippen molar-refractivity contribution in [1.29, 1.82) is 0 Å². The van der Waals surface area contributed by atoms with Crippen molar-refractivity contribution in [1.82, 2.24) is 0 Å². The summed E-state index contributed by atoms with van der Waals surface area (Å²) in [6, 6.07) is 8.62. The number of ether oxygens (including phenoxy) is 2. The number of allylic oxidation sites excluding steroid dienone is 1. The van der Waals surface area contributed by atoms with E-state index in [4.69, 9.17) is 9.47 Å². The lowest BCUT2D eigenvalue weighted by Crippen LogP contribution is -2.36. The quantitative estimate of drug-likeness (QED) is 0.324. The largest absolute Gasteiger partial charge is 0.465 e. The van der Waals surface area contributed by atoms with Crippen molar-refractivity contribution in [2.45, 2.75) is 91.5 Å². The highest BCUT2D eigenvalue weighted by Crippen LogP contribution is 2.59. The lowest BCUT2D eigenvalue weighted by Gasteiger charge is -2.34. The van der Waals surface area contributed by atoms with E-state index in [1.165, 1.54) is 37.7 Å². The highest BCUT2D eigenvalue weighted by Gasteiger charge is 2.54. The maximum absolute atomic E-state index is 6.68. The van der Waals surface area contributed by atoms with Gasteiger partial charge < -0.3 is 9.47 Å². The van der Waals surface area contributed by atoms with E-state index in [1.807, 2.05) is 0 Å². The van der Waals surface area contributed by atoms with Gasteiger partial charge >= 0.3 is 0 Å². The van der Waals surface area contributed by atoms with E-state index in [1.54, 1.807) is 0 Å². The third-order valence-electron chi connectivity index (χ3n) is 8.03. The fraction of sp³-hybridized carbons (Fsp3) is 0.714. The molecule has 166 valence electrons. The SMILES string of the molecule is C=CC(c1ccc(OC(CC(C)C)OC2CC3CC2C2CCCC32)cc1)C(C)(C)C. The van der Waals surface area contributed by atoms with Crippen molar-refractivity contribution in [3.8, 4) is 5.75 Å². The molecule has 3 aliphatic rings. The maximum atomic E-state index is 6.68. The van der Waals surface area contributed by atoms with Gasteiger partial charge in [0.1, 0.15) is 5.75 Å². The first kappa shape index (κ1) is 21.9. The van der Waals surface area contributed by atoms with Crippen molar-refractivity contribution < 1.29 is 9.47 Å². The number of fused-ring (bicyclic) bond motifs is 5. The minimum atomic E-state index is -0.141. The van der Waals surface area contributed by atoms with E-state index in [9.17, 15) is 0 Å². The summed E-state index contributed by atoms with van der Waals surface area (Å²) in [7, 11) is 0. The zero-order chi connectivity index (χ0) is 21.5. The summed E-state index contributed by atoms with van der Waals surface area (Å²) in [6.45, 7) is 15.4. The molecular weight excluding hydrogens is 368 g/mol. The Hall–Kier alpha value is -1.28. The molecule has 4 rings (SSSR count). The Morgan fingerprint density at radius 1 is 1.03 bits per heavy atom. The summed E-state index contributed by atoms with van der Waals surface area (Å²) < 4.78 is 13.1. The molecule has 3 aliphatic carbocycles. The van der Waals surface area contributed by atoms with Crippen LogP contribution in [0.3, 0.4) is 0 Å². The smallest absolute Gasteiger partial charge is 0.200 e. The Balaban J connectivity index is 1.42. The molecule has 1 aromatic carbocycles. The molecule has 0 aliphatic heterocycles. The Labute approximate surface area is 184 Å². The van der Waals surface area contributed by atoms with Gasteiger partial charge in [0.2, 0.25) is 0 Å². The predicted molar refractivity (Wildman–Crippen MR) is 125 cm³/mol. The first-order valence-electron chi connectivity index (χ1n) is 12.3. The minimum Gasteiger partial charge on any atom is -0.465 e. The van der Waals surface area contributed by atoms with Crippen LogP contribution in [-0.4, -0.2) is 12.4 Å². The van der Waals surface area contributed by atoms with Gasteiger partial charge in [-0.3, -0.25) is 0 Å². The average Bonchev–Trinajstić information content (AvgIpc) is 3.35. The Morgan fingerprint density at radius 2 is 1.73 bits per heavy atom. The highest BCUT2D eigenvalue weighted by molar-refractivity contribution is 5.32. The molecule has 0 heterocycles. The van der Waals surface area contributed by atoms with Crippen molar-refractivity contribution in [3.63, 3.8) is 0 Å². The van der Waals surface area contributed by atoms with Crippen molar-refractivity contribution >= 4 is 0 Å². The normalized spacial score (nSPS) is 32.3. The number of benzene rings is 1. The van der Waals surface area contributed by atoms with Crippen LogP contribution in [0.1, 0.15) is 84.6 Å². The molecule has 1 aromatic rings. The van der Waals surface area contributed by atoms with E-state index >= 15 is 0 Å². The fourth-order valence-electron chi connectivity index (χ4n) is 6.77. The van der Waals surface area contributed by atoms with Crippen LogP contribution in [0.15, 0.2) is 36.9 Å². The van der Waals surface area contributed by atoms with E-state index < -0.39 is 0 Å². The van der Waals surface area contributed by atoms with Gasteiger partial charge in [-0.1, -0.05) is 59.2 Å². The summed E-state index contributed by atoms with van der Waals surface area (Å²) in [4.78, 5) is 0. The molecule has 0 saturated heterocycles. The topological polar surface area (TPSA) is 18.5 Å². The van der Waals surface area contributed by atoms with Crippen LogP contribution in [0.25, 0.3) is 0 Å². The Kier molecular flexibility index (Phi) is 6.35. The monoisotopic (exact) mass is 410 g/mol. The molecule has 0 aromatic heterocycles. The second-order valence-electron chi connectivity index (χ2n) is 11.7. The van der Waals surface area contributed by atoms with Crippen LogP contribution in [0.4, 0.5) is 0 Å². The van der Waals surface area contributed by atoms with Crippen LogP contribution in [0.2, 0.25) is 0 Å². The lowest BCUT2D eigenvalue weighted by molar-refractivity contribution is -0.149. The number of hydrogen-bond acceptors (Lipinski definition) is 2. The average molecular weight is 411 g/mol. The summed E-state index contributed by atoms with van der Waals surface area (Å²) in [5.74, 6) is 5.44. The maximum Gasteiger partial charge on any atom is 0.200 e. The summed E-state index contributed by atoms with van der Waals surface area (Å²) in [5, 5.41) is 0. The Bertz CT molecular complexity index is 713. The lowest BCUT2D eigenvalue weighted by atomic mass is 9.76. The molecule has 2 nitrogen and oxygen atoms in total. The number of rotatable bonds is 8. The van der Waals surface area contributed by atoms with Gasteiger partial charge in [-0.05, 0) is 78.4 Å². The summed E-state index contributed by atoms with van der Waals surface area (Å²) in [5.41, 5.74) is 1.46. The highest BCUT2D eigenvalue weighted by atomic mass is 16.7. The molecule has 30 heavy (non-hydrogen) atoms. The molecule has 7 atom stereocenters. The van der Waals surface area contributed by atoms with E-state index in [0.29, 0.717) is 17.9 Å². The zero-order valence-electron chi connectivity index (χ0n) is 19.8. The Morgan fingerprint density at radius 3 is 2.37 bits per heavy atom. The van der Waals surface area contributed by atoms with Crippen LogP contribution in [0.5, 0.6) is 5.75 Å². The minimum absolute atomic E-state index is 0.141. The molecule has 2 bridgehead atoms. The van der Waals surface area contributed by atoms with Gasteiger partial charge in [0, 0.05) is 12.3 Å². The molecular formula is C28H42O2. The summed E-state index contributed by atoms with van der Waals surface area (Å²) >= 11 is 0. The first-order valence-corrected chi connectivity index (χ1v) is 12.3. The molecule has 3 fully saturated rings. The molecule has 0 radical (unpaired) electrons. The van der Waals surface area contributed by atoms with Crippen LogP contribution in [-0.2, 0) is 4.74 Å². The van der Waals surface area contributed by atoms with Gasteiger partial charge in [0.15, 0.2) is 6.29 Å². The van der Waals surface area contributed by atoms with Gasteiger partial charge in [-0.2, -0.15) is 0 Å². The standard InChI is InChI=1S/C28H42O2/c1-7-25(28(4,5)6)19-11-13-21(14-12-19)29-27(15-18(2)3)30-26-17-20-16-24(26)23-10-8-9-22(20)23/h7,11-14,18,20,22-27H,1,8-10,15-17H2,2-6H3. The van der Waals surface area contributed by atoms with Crippen molar-refractivity contribution in [2.75, 3.05) is 0 Å². The van der Waals surface area contributed by atoms with Gasteiger partial charge in [-0.25, -0.2) is 0 Å². The van der Waals surface area contributed by atoms with Gasteiger partial charge in [-0.15, -0.1) is 6.58 Å². The van der Waals surface area contributed by atoms with Crippen LogP contribution in [0, 0.1) is 35.0 Å². The number of hydrogen-bond donors (Lipinski definition) is 0. The van der Waals surface area contributed by atoms with Gasteiger partial charge in [0.25, 0.3) is 0 Å². The van der Waals surface area contributed by atoms with E-state index in [2.05, 4.69) is 71.5 Å². The van der Waals surface area contributed by atoms with Gasteiger partial charge in [0.05, 0.1) is 6.10 Å². The third-order valence-corrected chi connectivity index (χ3v) is 8.03. The molecule has 7 unspecified atom stereocenters. The summed E-state index contributed by atoms with van der Waals surface area (Å²) in [6.07, 6.45) is 10.3. The van der Waals surface area contributed by atoms with Crippen LogP contribution < -0.4 is 4.74 Å². The molecule has 0 N–H and O–H groups in total. The zero-order valence-corrected chi connectivity index (χ0v) is 19.8. The molecule has 2 heteroatoms. The van der Waals surface area contributed by atoms with Crippen LogP contribution >= 0.6 is 0 Å². The van der Waals surface area contributed by atoms with E-state index in [-0.39, 0.29) is 11.7 Å². The molecule has 3 saturated carbocycles. The van der Waals surface area contributed by atoms with E-state index in [0.717, 1.165) is 35.8 Å².